The average molecular weight is 639 g/mol. The van der Waals surface area contributed by atoms with Crippen molar-refractivity contribution in [1.29, 1.82) is 0 Å². The van der Waals surface area contributed by atoms with Crippen molar-refractivity contribution in [2.75, 3.05) is 0 Å². The SMILES string of the molecule is O=[N+]([O-])c1ccc2c(c1)[Se](OS(=O)(=O)C(F)(F)F)(C(F)(F)C(F)(F)C(F)(F)F)c1cc([N+](=O)[O-])ccc1-2. The average Bonchev–Trinajstić information content (AvgIpc) is 3.01. The van der Waals surface area contributed by atoms with Crippen LogP contribution in [-0.4, -0.2) is 53.9 Å². The molecule has 0 aliphatic carbocycles. The summed E-state index contributed by atoms with van der Waals surface area (Å²) < 4.78 is 162. The van der Waals surface area contributed by atoms with E-state index in [1.54, 1.807) is 0 Å². The van der Waals surface area contributed by atoms with Crippen molar-refractivity contribution >= 4 is 43.6 Å². The van der Waals surface area contributed by atoms with Crippen molar-refractivity contribution in [1.82, 2.24) is 0 Å². The summed E-state index contributed by atoms with van der Waals surface area (Å²) in [4.78, 5) is 12.7. The number of nitrogens with zero attached hydrogens (tertiary/aromatic N) is 2. The van der Waals surface area contributed by atoms with Crippen LogP contribution in [0.25, 0.3) is 11.1 Å². The van der Waals surface area contributed by atoms with Gasteiger partial charge in [0.05, 0.1) is 0 Å². The Morgan fingerprint density at radius 3 is 1.41 bits per heavy atom. The summed E-state index contributed by atoms with van der Waals surface area (Å²) >= 11 is -7.85. The van der Waals surface area contributed by atoms with Gasteiger partial charge < -0.3 is 0 Å². The van der Waals surface area contributed by atoms with Gasteiger partial charge in [-0.1, -0.05) is 0 Å². The van der Waals surface area contributed by atoms with Crippen LogP contribution >= 0.6 is 0 Å². The fourth-order valence-corrected chi connectivity index (χ4v) is 13.3. The van der Waals surface area contributed by atoms with E-state index in [2.05, 4.69) is 3.27 Å². The normalized spacial score (nSPS) is 16.6. The van der Waals surface area contributed by atoms with Crippen molar-refractivity contribution in [3.05, 3.63) is 56.6 Å². The van der Waals surface area contributed by atoms with Crippen LogP contribution in [0, 0.1) is 20.2 Å². The zero-order chi connectivity index (χ0) is 28.6. The molecule has 0 fully saturated rings. The second-order valence-electron chi connectivity index (χ2n) is 6.99. The molecule has 0 atom stereocenters. The molecule has 2 aromatic carbocycles. The van der Waals surface area contributed by atoms with Gasteiger partial charge in [0.1, 0.15) is 0 Å². The van der Waals surface area contributed by atoms with Crippen LogP contribution in [0.3, 0.4) is 0 Å². The molecule has 0 saturated heterocycles. The number of non-ortho nitro benzene ring substituents is 2. The summed E-state index contributed by atoms with van der Waals surface area (Å²) in [6, 6.07) is 1.65. The third kappa shape index (κ3) is 3.99. The van der Waals surface area contributed by atoms with Gasteiger partial charge in [0.15, 0.2) is 0 Å². The summed E-state index contributed by atoms with van der Waals surface area (Å²) in [5.41, 5.74) is -11.2. The van der Waals surface area contributed by atoms with Crippen molar-refractivity contribution in [2.45, 2.75) is 22.4 Å². The van der Waals surface area contributed by atoms with E-state index in [0.29, 0.717) is 24.3 Å². The minimum atomic E-state index is -7.85. The molecule has 0 bridgehead atoms. The number of hydrogen-bond acceptors (Lipinski definition) is 7. The standard InChI is InChI=1S/C16H6F10N2O7SSe/c17-13(18,14(19,20)21)15(22,23)37(35-36(33,34)16(24,25)26)11-5-7(27(29)30)1-3-9(11)10-4-2-8(28(31)32)6-12(10)37/h1-6H. The van der Waals surface area contributed by atoms with E-state index >= 15 is 8.78 Å². The Morgan fingerprint density at radius 2 is 1.11 bits per heavy atom. The Labute approximate surface area is 199 Å². The Kier molecular flexibility index (Phi) is 6.35. The van der Waals surface area contributed by atoms with Crippen molar-refractivity contribution in [3.63, 3.8) is 0 Å². The minimum absolute atomic E-state index is 0.132. The van der Waals surface area contributed by atoms with Crippen LogP contribution in [0.1, 0.15) is 0 Å². The fourth-order valence-electron chi connectivity index (χ4n) is 3.20. The van der Waals surface area contributed by atoms with Crippen LogP contribution in [-0.2, 0) is 13.4 Å². The summed E-state index contributed by atoms with van der Waals surface area (Å²) in [6.07, 6.45) is -7.23. The van der Waals surface area contributed by atoms with Crippen LogP contribution in [0.2, 0.25) is 0 Å². The maximum atomic E-state index is 15.5. The van der Waals surface area contributed by atoms with Gasteiger partial charge in [-0.25, -0.2) is 0 Å². The molecule has 9 nitrogen and oxygen atoms in total. The van der Waals surface area contributed by atoms with Gasteiger partial charge in [-0.2, -0.15) is 0 Å². The maximum absolute atomic E-state index is 15.5. The van der Waals surface area contributed by atoms with Gasteiger partial charge >= 0.3 is 199 Å². The Balaban J connectivity index is 2.64. The number of halogens is 10. The summed E-state index contributed by atoms with van der Waals surface area (Å²) in [7, 11) is -7.43. The van der Waals surface area contributed by atoms with E-state index in [1.807, 2.05) is 0 Å². The summed E-state index contributed by atoms with van der Waals surface area (Å²) in [5, 5.41) is 22.3. The second kappa shape index (κ2) is 8.23. The number of benzene rings is 2. The van der Waals surface area contributed by atoms with Gasteiger partial charge in [0, 0.05) is 0 Å². The fraction of sp³-hybridized carbons (Fsp3) is 0.250. The van der Waals surface area contributed by atoms with E-state index in [-0.39, 0.29) is 12.1 Å². The van der Waals surface area contributed by atoms with E-state index in [9.17, 15) is 63.8 Å². The monoisotopic (exact) mass is 640 g/mol. The third-order valence-corrected chi connectivity index (χ3v) is 14.3. The van der Waals surface area contributed by atoms with Crippen LogP contribution in [0.15, 0.2) is 36.4 Å². The Bertz CT molecular complexity index is 1360. The molecule has 0 spiro atoms. The molecule has 2 aromatic rings. The quantitative estimate of drug-likeness (QED) is 0.155. The first-order valence-corrected chi connectivity index (χ1v) is 13.5. The van der Waals surface area contributed by atoms with E-state index in [1.165, 1.54) is 0 Å². The zero-order valence-corrected chi connectivity index (χ0v) is 19.3. The van der Waals surface area contributed by atoms with Crippen LogP contribution in [0.5, 0.6) is 0 Å². The number of nitro groups is 2. The molecule has 1 aliphatic heterocycles. The first-order valence-electron chi connectivity index (χ1n) is 8.78. The van der Waals surface area contributed by atoms with Crippen molar-refractivity contribution < 1.29 is 65.4 Å². The van der Waals surface area contributed by atoms with E-state index in [4.69, 9.17) is 0 Å². The van der Waals surface area contributed by atoms with E-state index < -0.39 is 87.0 Å². The predicted molar refractivity (Wildman–Crippen MR) is 102 cm³/mol. The van der Waals surface area contributed by atoms with Crippen molar-refractivity contribution in [3.8, 4) is 11.1 Å². The van der Waals surface area contributed by atoms with Gasteiger partial charge in [-0.15, -0.1) is 0 Å². The number of alkyl halides is 10. The molecular formula is C16H6F10N2O7SSe. The molecule has 1 heterocycles. The molecule has 0 saturated carbocycles. The number of rotatable bonds is 6. The number of hydrogen-bond donors (Lipinski definition) is 0. The first-order chi connectivity index (χ1) is 16.5. The van der Waals surface area contributed by atoms with Crippen LogP contribution in [0.4, 0.5) is 55.3 Å². The summed E-state index contributed by atoms with van der Waals surface area (Å²) in [6.45, 7) is 0. The molecule has 0 aromatic heterocycles. The Hall–Kier alpha value is -3.03. The zero-order valence-electron chi connectivity index (χ0n) is 16.8. The number of fused-ring (bicyclic) bond motifs is 3. The summed E-state index contributed by atoms with van der Waals surface area (Å²) in [5.74, 6) is -7.30. The number of nitro benzene ring substituents is 2. The molecule has 0 radical (unpaired) electrons. The molecular weight excluding hydrogens is 633 g/mol. The molecule has 3 rings (SSSR count). The Morgan fingerprint density at radius 1 is 0.730 bits per heavy atom. The molecule has 0 amide bonds. The van der Waals surface area contributed by atoms with Crippen LogP contribution < -0.4 is 8.92 Å². The third-order valence-electron chi connectivity index (χ3n) is 4.82. The molecule has 0 N–H and O–H groups in total. The molecule has 21 heteroatoms. The molecule has 37 heavy (non-hydrogen) atoms. The van der Waals surface area contributed by atoms with Gasteiger partial charge in [0.25, 0.3) is 0 Å². The molecule has 1 aliphatic rings. The van der Waals surface area contributed by atoms with Gasteiger partial charge in [0.2, 0.25) is 0 Å². The second-order valence-corrected chi connectivity index (χ2v) is 14.6. The van der Waals surface area contributed by atoms with Gasteiger partial charge in [-0.05, 0) is 0 Å². The van der Waals surface area contributed by atoms with Crippen molar-refractivity contribution in [2.24, 2.45) is 0 Å². The topological polar surface area (TPSA) is 130 Å². The predicted octanol–water partition coefficient (Wildman–Crippen LogP) is 3.78. The van der Waals surface area contributed by atoms with Gasteiger partial charge in [-0.3, -0.25) is 0 Å². The van der Waals surface area contributed by atoms with E-state index in [0.717, 1.165) is 0 Å². The first kappa shape index (κ1) is 28.5. The molecule has 0 unspecified atom stereocenters. The molecule has 204 valence electrons.